The highest BCUT2D eigenvalue weighted by molar-refractivity contribution is 6.09. The Hall–Kier alpha value is -7.03. The van der Waals surface area contributed by atoms with Crippen molar-refractivity contribution in [3.05, 3.63) is 162 Å². The van der Waals surface area contributed by atoms with Gasteiger partial charge in [-0.2, -0.15) is 0 Å². The highest BCUT2D eigenvalue weighted by Gasteiger charge is 2.34. The maximum absolute atomic E-state index is 14.4. The molecule has 1 aromatic heterocycles. The van der Waals surface area contributed by atoms with Crippen molar-refractivity contribution in [2.75, 3.05) is 37.1 Å². The third-order valence-corrected chi connectivity index (χ3v) is 9.49. The number of benzene rings is 4. The molecule has 0 unspecified atom stereocenters. The summed E-state index contributed by atoms with van der Waals surface area (Å²) in [5, 5.41) is 2.61. The number of ether oxygens (including phenoxy) is 2. The zero-order chi connectivity index (χ0) is 43.5. The van der Waals surface area contributed by atoms with Crippen molar-refractivity contribution in [2.45, 2.75) is 25.3 Å². The number of aryl methyl sites for hydroxylation is 1. The minimum absolute atomic E-state index is 0.0107. The molecule has 5 rings (SSSR count). The van der Waals surface area contributed by atoms with E-state index in [2.05, 4.69) is 23.5 Å². The van der Waals surface area contributed by atoms with Gasteiger partial charge in [0.25, 0.3) is 5.91 Å². The van der Waals surface area contributed by atoms with Gasteiger partial charge in [0.2, 0.25) is 11.8 Å². The number of amides is 3. The summed E-state index contributed by atoms with van der Waals surface area (Å²) in [5.41, 5.74) is 0.327. The first kappa shape index (κ1) is 44.1. The van der Waals surface area contributed by atoms with E-state index < -0.39 is 70.8 Å². The van der Waals surface area contributed by atoms with E-state index in [-0.39, 0.29) is 42.8 Å². The van der Waals surface area contributed by atoms with Crippen LogP contribution in [0.25, 0.3) is 0 Å². The minimum atomic E-state index is -1.46. The summed E-state index contributed by atoms with van der Waals surface area (Å²) in [4.78, 5) is 64.0. The smallest absolute Gasteiger partial charge is 0.272 e. The topological polar surface area (TPSA) is 123 Å². The Bertz CT molecular complexity index is 2330. The van der Waals surface area contributed by atoms with E-state index in [1.807, 2.05) is 0 Å². The SMILES string of the molecule is C=CCN(C(=O)[C@@H](CC(=O)c1c(C(=O)N[C@@H](Cc2cc(F)cc(F)c2)C(=O)N(CC=C)c2ccc(OC)cc2)ncn1C)Cc1cc(F)cc(F)c1)c1ccc(OC)cc1. The maximum Gasteiger partial charge on any atom is 0.272 e. The number of carbonyl (C=O) groups excluding carboxylic acids is 4. The Morgan fingerprint density at radius 1 is 0.717 bits per heavy atom. The third-order valence-electron chi connectivity index (χ3n) is 9.49. The Kier molecular flexibility index (Phi) is 14.8. The molecule has 3 amide bonds. The fourth-order valence-corrected chi connectivity index (χ4v) is 6.73. The monoisotopic (exact) mass is 825 g/mol. The van der Waals surface area contributed by atoms with E-state index in [4.69, 9.17) is 9.47 Å². The molecule has 5 aromatic rings. The number of anilines is 2. The van der Waals surface area contributed by atoms with Gasteiger partial charge in [-0.15, -0.1) is 13.2 Å². The molecule has 1 N–H and O–H groups in total. The number of ketones is 1. The number of nitrogens with zero attached hydrogens (tertiary/aromatic N) is 4. The molecule has 4 aromatic carbocycles. The average molecular weight is 826 g/mol. The van der Waals surface area contributed by atoms with Crippen molar-refractivity contribution in [2.24, 2.45) is 13.0 Å². The molecule has 0 spiro atoms. The number of methoxy groups -OCH3 is 2. The van der Waals surface area contributed by atoms with E-state index in [9.17, 15) is 36.7 Å². The van der Waals surface area contributed by atoms with Gasteiger partial charge in [-0.1, -0.05) is 12.2 Å². The predicted octanol–water partition coefficient (Wildman–Crippen LogP) is 7.20. The average Bonchev–Trinajstić information content (AvgIpc) is 3.61. The van der Waals surface area contributed by atoms with E-state index >= 15 is 0 Å². The molecule has 0 fully saturated rings. The molecule has 2 atom stereocenters. The number of nitrogens with one attached hydrogen (secondary N) is 1. The number of carbonyl (C=O) groups is 4. The Morgan fingerprint density at radius 3 is 1.62 bits per heavy atom. The lowest BCUT2D eigenvalue weighted by Gasteiger charge is -2.28. The number of aromatic nitrogens is 2. The van der Waals surface area contributed by atoms with Crippen LogP contribution in [0.15, 0.2) is 117 Å². The summed E-state index contributed by atoms with van der Waals surface area (Å²) < 4.78 is 69.2. The molecular formula is C45H43F4N5O6. The lowest BCUT2D eigenvalue weighted by atomic mass is 9.91. The summed E-state index contributed by atoms with van der Waals surface area (Å²) >= 11 is 0. The number of hydrogen-bond acceptors (Lipinski definition) is 7. The number of Topliss-reactive ketones (excluding diaryl/α,β-unsaturated/α-hetero) is 1. The van der Waals surface area contributed by atoms with Crippen LogP contribution in [0.5, 0.6) is 11.5 Å². The van der Waals surface area contributed by atoms with Gasteiger partial charge in [0, 0.05) is 62.4 Å². The van der Waals surface area contributed by atoms with Crippen LogP contribution in [0, 0.1) is 29.2 Å². The number of imidazole rings is 1. The van der Waals surface area contributed by atoms with Crippen molar-refractivity contribution in [1.82, 2.24) is 14.9 Å². The van der Waals surface area contributed by atoms with Crippen LogP contribution < -0.4 is 24.6 Å². The van der Waals surface area contributed by atoms with Crippen LogP contribution in [0.3, 0.4) is 0 Å². The summed E-state index contributed by atoms with van der Waals surface area (Å²) in [6.07, 6.45) is 2.95. The molecule has 11 nitrogen and oxygen atoms in total. The van der Waals surface area contributed by atoms with Crippen molar-refractivity contribution in [3.63, 3.8) is 0 Å². The highest BCUT2D eigenvalue weighted by Crippen LogP contribution is 2.27. The van der Waals surface area contributed by atoms with Crippen LogP contribution in [0.4, 0.5) is 28.9 Å². The molecule has 312 valence electrons. The lowest BCUT2D eigenvalue weighted by Crippen LogP contribution is -2.50. The van der Waals surface area contributed by atoms with Crippen molar-refractivity contribution in [1.29, 1.82) is 0 Å². The van der Waals surface area contributed by atoms with E-state index in [1.54, 1.807) is 48.5 Å². The fraction of sp³-hybridized carbons (Fsp3) is 0.222. The zero-order valence-electron chi connectivity index (χ0n) is 33.2. The normalized spacial score (nSPS) is 11.8. The molecule has 0 radical (unpaired) electrons. The molecule has 15 heteroatoms. The van der Waals surface area contributed by atoms with Gasteiger partial charge in [0.1, 0.15) is 46.5 Å². The second-order valence-corrected chi connectivity index (χ2v) is 13.7. The van der Waals surface area contributed by atoms with Gasteiger partial charge in [0.05, 0.1) is 20.5 Å². The first-order valence-corrected chi connectivity index (χ1v) is 18.6. The molecule has 1 heterocycles. The highest BCUT2D eigenvalue weighted by atomic mass is 19.1. The van der Waals surface area contributed by atoms with E-state index in [1.165, 1.54) is 54.1 Å². The van der Waals surface area contributed by atoms with Gasteiger partial charge in [0.15, 0.2) is 11.5 Å². The third kappa shape index (κ3) is 10.9. The molecule has 0 aliphatic carbocycles. The summed E-state index contributed by atoms with van der Waals surface area (Å²) in [6, 6.07) is 17.1. The summed E-state index contributed by atoms with van der Waals surface area (Å²) in [5.74, 6) is -6.73. The fourth-order valence-electron chi connectivity index (χ4n) is 6.73. The van der Waals surface area contributed by atoms with Gasteiger partial charge in [-0.25, -0.2) is 22.5 Å². The first-order chi connectivity index (χ1) is 28.7. The molecule has 0 saturated carbocycles. The van der Waals surface area contributed by atoms with E-state index in [0.717, 1.165) is 24.3 Å². The Labute approximate surface area is 344 Å². The standard InChI is InChI=1S/C45H43F4N5O6/c1-6-16-53(35-8-12-37(59-4)13-9-35)44(57)30(18-28-19-31(46)25-32(47)20-28)24-40(55)42-41(50-27-52(42)3)43(56)51-39(23-29-21-33(48)26-34(49)22-29)45(58)54(17-7-2)36-10-14-38(60-5)15-11-36/h6-15,19-22,25-27,30,39H,1-2,16-18,23-24H2,3-5H3,(H,51,56)/t30-,39+/m1/s1. The molecule has 0 saturated heterocycles. The van der Waals surface area contributed by atoms with Crippen LogP contribution in [-0.4, -0.2) is 66.4 Å². The Balaban J connectivity index is 1.50. The van der Waals surface area contributed by atoms with Crippen molar-refractivity contribution >= 4 is 34.9 Å². The molecule has 0 aliphatic heterocycles. The molecule has 0 bridgehead atoms. The first-order valence-electron chi connectivity index (χ1n) is 18.6. The van der Waals surface area contributed by atoms with E-state index in [0.29, 0.717) is 35.0 Å². The second-order valence-electron chi connectivity index (χ2n) is 13.7. The molecule has 60 heavy (non-hydrogen) atoms. The number of halogens is 4. The second kappa shape index (κ2) is 20.1. The number of rotatable bonds is 19. The quantitative estimate of drug-likeness (QED) is 0.0531. The maximum atomic E-state index is 14.4. The molecular weight excluding hydrogens is 783 g/mol. The summed E-state index contributed by atoms with van der Waals surface area (Å²) in [6.45, 7) is 7.48. The van der Waals surface area contributed by atoms with Crippen LogP contribution >= 0.6 is 0 Å². The van der Waals surface area contributed by atoms with Gasteiger partial charge in [-0.05, 0) is 90.3 Å². The summed E-state index contributed by atoms with van der Waals surface area (Å²) in [7, 11) is 4.41. The minimum Gasteiger partial charge on any atom is -0.497 e. The molecule has 0 aliphatic rings. The Morgan fingerprint density at radius 2 is 1.17 bits per heavy atom. The predicted molar refractivity (Wildman–Crippen MR) is 218 cm³/mol. The van der Waals surface area contributed by atoms with Crippen molar-refractivity contribution < 1.29 is 46.2 Å². The van der Waals surface area contributed by atoms with Gasteiger partial charge in [-0.3, -0.25) is 19.2 Å². The van der Waals surface area contributed by atoms with Gasteiger partial charge >= 0.3 is 0 Å². The van der Waals surface area contributed by atoms with Crippen LogP contribution in [0.1, 0.15) is 38.5 Å². The van der Waals surface area contributed by atoms with Crippen LogP contribution in [-0.2, 0) is 29.5 Å². The number of hydrogen-bond donors (Lipinski definition) is 1. The largest absolute Gasteiger partial charge is 0.497 e. The zero-order valence-corrected chi connectivity index (χ0v) is 33.2. The van der Waals surface area contributed by atoms with Crippen LogP contribution in [0.2, 0.25) is 0 Å². The van der Waals surface area contributed by atoms with Gasteiger partial charge < -0.3 is 29.2 Å². The lowest BCUT2D eigenvalue weighted by molar-refractivity contribution is -0.122. The van der Waals surface area contributed by atoms with Crippen molar-refractivity contribution in [3.8, 4) is 11.5 Å².